The third-order valence-electron chi connectivity index (χ3n) is 1.45. The van der Waals surface area contributed by atoms with Crippen LogP contribution in [0.4, 0.5) is 0 Å². The van der Waals surface area contributed by atoms with Crippen LogP contribution in [0.15, 0.2) is 35.3 Å². The van der Waals surface area contributed by atoms with Gasteiger partial charge in [-0.25, -0.2) is 0 Å². The van der Waals surface area contributed by atoms with Gasteiger partial charge in [0.2, 0.25) is 0 Å². The summed E-state index contributed by atoms with van der Waals surface area (Å²) in [5.74, 6) is -0.734. The Kier molecular flexibility index (Phi) is 3.03. The predicted octanol–water partition coefficient (Wildman–Crippen LogP) is 0.476. The summed E-state index contributed by atoms with van der Waals surface area (Å²) in [6, 6.07) is 9.05. The van der Waals surface area contributed by atoms with Crippen molar-refractivity contribution in [3.05, 3.63) is 35.9 Å². The number of nitrogens with zero attached hydrogens (tertiary/aromatic N) is 1. The monoisotopic (exact) mass is 178 g/mol. The number of carboxylic acids is 1. The number of rotatable bonds is 3. The standard InChI is InChI=1S/C9H10N2O2/c10-9(11-6-8(12)13)7-4-2-1-3-5-7/h1-5H,6H2,(H2,10,11)(H,12,13). The highest BCUT2D eigenvalue weighted by Crippen LogP contribution is 1.97. The lowest BCUT2D eigenvalue weighted by Crippen LogP contribution is -2.15. The first-order valence-corrected chi connectivity index (χ1v) is 3.77. The molecule has 4 nitrogen and oxygen atoms in total. The Morgan fingerprint density at radius 3 is 2.54 bits per heavy atom. The van der Waals surface area contributed by atoms with Gasteiger partial charge in [-0.05, 0) is 0 Å². The Bertz CT molecular complexity index is 320. The largest absolute Gasteiger partial charge is 0.480 e. The molecule has 0 aromatic heterocycles. The molecule has 0 saturated carbocycles. The molecular weight excluding hydrogens is 168 g/mol. The quantitative estimate of drug-likeness (QED) is 0.522. The van der Waals surface area contributed by atoms with E-state index < -0.39 is 5.97 Å². The van der Waals surface area contributed by atoms with Crippen LogP contribution in [0.25, 0.3) is 0 Å². The van der Waals surface area contributed by atoms with E-state index in [1.54, 1.807) is 12.1 Å². The zero-order valence-electron chi connectivity index (χ0n) is 6.97. The maximum absolute atomic E-state index is 10.2. The maximum Gasteiger partial charge on any atom is 0.325 e. The van der Waals surface area contributed by atoms with Crippen molar-refractivity contribution in [3.8, 4) is 0 Å². The van der Waals surface area contributed by atoms with Gasteiger partial charge in [-0.3, -0.25) is 9.79 Å². The number of hydrogen-bond acceptors (Lipinski definition) is 2. The number of benzene rings is 1. The lowest BCUT2D eigenvalue weighted by Gasteiger charge is -1.98. The summed E-state index contributed by atoms with van der Waals surface area (Å²) >= 11 is 0. The number of amidine groups is 1. The van der Waals surface area contributed by atoms with Gasteiger partial charge < -0.3 is 10.8 Å². The third kappa shape index (κ3) is 2.94. The summed E-state index contributed by atoms with van der Waals surface area (Å²) in [6.45, 7) is -0.291. The van der Waals surface area contributed by atoms with Crippen LogP contribution in [0.3, 0.4) is 0 Å². The second kappa shape index (κ2) is 4.25. The van der Waals surface area contributed by atoms with E-state index in [0.717, 1.165) is 5.56 Å². The van der Waals surface area contributed by atoms with Crippen LogP contribution < -0.4 is 5.73 Å². The fourth-order valence-corrected chi connectivity index (χ4v) is 0.853. The number of nitrogens with two attached hydrogens (primary N) is 1. The minimum Gasteiger partial charge on any atom is -0.480 e. The number of carbonyl (C=O) groups is 1. The summed E-state index contributed by atoms with van der Waals surface area (Å²) in [5.41, 5.74) is 6.27. The molecule has 0 amide bonds. The van der Waals surface area contributed by atoms with Gasteiger partial charge in [0.05, 0.1) is 0 Å². The smallest absolute Gasteiger partial charge is 0.325 e. The molecular formula is C9H10N2O2. The normalized spacial score (nSPS) is 11.2. The third-order valence-corrected chi connectivity index (χ3v) is 1.45. The molecule has 0 atom stereocenters. The number of carboxylic acid groups (broad SMARTS) is 1. The highest BCUT2D eigenvalue weighted by atomic mass is 16.4. The van der Waals surface area contributed by atoms with E-state index in [-0.39, 0.29) is 12.4 Å². The van der Waals surface area contributed by atoms with Gasteiger partial charge in [0.25, 0.3) is 0 Å². The molecule has 0 saturated heterocycles. The molecule has 0 heterocycles. The first kappa shape index (κ1) is 9.25. The first-order valence-electron chi connectivity index (χ1n) is 3.77. The summed E-state index contributed by atoms with van der Waals surface area (Å²) in [4.78, 5) is 13.9. The molecule has 1 aromatic carbocycles. The summed E-state index contributed by atoms with van der Waals surface area (Å²) in [6.07, 6.45) is 0. The van der Waals surface area contributed by atoms with E-state index in [2.05, 4.69) is 4.99 Å². The molecule has 0 aliphatic heterocycles. The van der Waals surface area contributed by atoms with Crippen molar-refractivity contribution < 1.29 is 9.90 Å². The number of hydrogen-bond donors (Lipinski definition) is 2. The fourth-order valence-electron chi connectivity index (χ4n) is 0.853. The molecule has 1 rings (SSSR count). The summed E-state index contributed by atoms with van der Waals surface area (Å²) in [7, 11) is 0. The zero-order valence-corrected chi connectivity index (χ0v) is 6.97. The molecule has 0 aliphatic carbocycles. The molecule has 0 fully saturated rings. The number of aliphatic imine (C=N–C) groups is 1. The molecule has 68 valence electrons. The Morgan fingerprint density at radius 2 is 2.00 bits per heavy atom. The first-order chi connectivity index (χ1) is 6.20. The summed E-state index contributed by atoms with van der Waals surface area (Å²) in [5, 5.41) is 8.35. The van der Waals surface area contributed by atoms with E-state index in [1.807, 2.05) is 18.2 Å². The lowest BCUT2D eigenvalue weighted by molar-refractivity contribution is -0.135. The lowest BCUT2D eigenvalue weighted by atomic mass is 10.2. The zero-order chi connectivity index (χ0) is 9.68. The van der Waals surface area contributed by atoms with Crippen LogP contribution in [-0.4, -0.2) is 23.5 Å². The highest BCUT2D eigenvalue weighted by Gasteiger charge is 1.97. The van der Waals surface area contributed by atoms with Crippen molar-refractivity contribution >= 4 is 11.8 Å². The molecule has 0 spiro atoms. The Morgan fingerprint density at radius 1 is 1.38 bits per heavy atom. The number of aliphatic carboxylic acids is 1. The average molecular weight is 178 g/mol. The van der Waals surface area contributed by atoms with Gasteiger partial charge in [-0.2, -0.15) is 0 Å². The second-order valence-corrected chi connectivity index (χ2v) is 2.46. The van der Waals surface area contributed by atoms with Crippen molar-refractivity contribution in [1.82, 2.24) is 0 Å². The van der Waals surface area contributed by atoms with Crippen LogP contribution in [0.2, 0.25) is 0 Å². The highest BCUT2D eigenvalue weighted by molar-refractivity contribution is 5.98. The van der Waals surface area contributed by atoms with Crippen molar-refractivity contribution in [2.45, 2.75) is 0 Å². The van der Waals surface area contributed by atoms with Crippen LogP contribution in [0, 0.1) is 0 Å². The topological polar surface area (TPSA) is 75.7 Å². The molecule has 0 aliphatic rings. The van der Waals surface area contributed by atoms with E-state index in [0.29, 0.717) is 0 Å². The van der Waals surface area contributed by atoms with Crippen molar-refractivity contribution in [2.24, 2.45) is 10.7 Å². The molecule has 3 N–H and O–H groups in total. The summed E-state index contributed by atoms with van der Waals surface area (Å²) < 4.78 is 0. The van der Waals surface area contributed by atoms with Crippen LogP contribution in [-0.2, 0) is 4.79 Å². The van der Waals surface area contributed by atoms with Gasteiger partial charge in [0.15, 0.2) is 0 Å². The molecule has 4 heteroatoms. The van der Waals surface area contributed by atoms with Crippen molar-refractivity contribution in [1.29, 1.82) is 0 Å². The van der Waals surface area contributed by atoms with Crippen molar-refractivity contribution in [2.75, 3.05) is 6.54 Å². The van der Waals surface area contributed by atoms with Crippen LogP contribution in [0.1, 0.15) is 5.56 Å². The second-order valence-electron chi connectivity index (χ2n) is 2.46. The van der Waals surface area contributed by atoms with E-state index in [1.165, 1.54) is 0 Å². The van der Waals surface area contributed by atoms with Gasteiger partial charge >= 0.3 is 5.97 Å². The average Bonchev–Trinajstić information content (AvgIpc) is 2.15. The fraction of sp³-hybridized carbons (Fsp3) is 0.111. The van der Waals surface area contributed by atoms with Gasteiger partial charge in [0.1, 0.15) is 12.4 Å². The van der Waals surface area contributed by atoms with Gasteiger partial charge in [-0.15, -0.1) is 0 Å². The molecule has 0 unspecified atom stereocenters. The minimum atomic E-state index is -0.987. The maximum atomic E-state index is 10.2. The Hall–Kier alpha value is -1.84. The SMILES string of the molecule is NC(=NCC(=O)O)c1ccccc1. The molecule has 13 heavy (non-hydrogen) atoms. The molecule has 1 aromatic rings. The van der Waals surface area contributed by atoms with Crippen molar-refractivity contribution in [3.63, 3.8) is 0 Å². The van der Waals surface area contributed by atoms with E-state index >= 15 is 0 Å². The van der Waals surface area contributed by atoms with E-state index in [9.17, 15) is 4.79 Å². The van der Waals surface area contributed by atoms with Gasteiger partial charge in [0, 0.05) is 5.56 Å². The van der Waals surface area contributed by atoms with Gasteiger partial charge in [-0.1, -0.05) is 30.3 Å². The molecule has 0 bridgehead atoms. The Labute approximate surface area is 75.7 Å². The van der Waals surface area contributed by atoms with Crippen LogP contribution in [0.5, 0.6) is 0 Å². The predicted molar refractivity (Wildman–Crippen MR) is 49.7 cm³/mol. The van der Waals surface area contributed by atoms with Crippen LogP contribution >= 0.6 is 0 Å². The van der Waals surface area contributed by atoms with E-state index in [4.69, 9.17) is 10.8 Å². The Balaban J connectivity index is 2.73. The molecule has 0 radical (unpaired) electrons. The minimum absolute atomic E-state index is 0.253.